The third-order valence-electron chi connectivity index (χ3n) is 5.22. The number of phenols is 3. The van der Waals surface area contributed by atoms with Crippen molar-refractivity contribution >= 4 is 11.0 Å². The molecule has 2 heterocycles. The lowest BCUT2D eigenvalue weighted by Crippen LogP contribution is -2.60. The Morgan fingerprint density at radius 2 is 1.66 bits per heavy atom. The highest BCUT2D eigenvalue weighted by Gasteiger charge is 2.44. The van der Waals surface area contributed by atoms with Crippen LogP contribution in [-0.2, 0) is 4.74 Å². The lowest BCUT2D eigenvalue weighted by atomic mass is 9.99. The predicted molar refractivity (Wildman–Crippen MR) is 107 cm³/mol. The summed E-state index contributed by atoms with van der Waals surface area (Å²) < 4.78 is 16.2. The van der Waals surface area contributed by atoms with Crippen LogP contribution in [0.4, 0.5) is 0 Å². The monoisotopic (exact) mass is 448 g/mol. The molecule has 0 unspecified atom stereocenters. The standard InChI is InChI=1S/C21H20O11/c22-6-15-18(27)19(28)20(29)21(32-15)31-9-4-13(25)16-14(5-9)30-7-10(17(16)26)8-1-2-11(23)12(24)3-8/h1-5,7,15,18-25,27-29H,6H2/t15-,18+,19-,20+,21+/m0/s1. The van der Waals surface area contributed by atoms with E-state index in [0.29, 0.717) is 0 Å². The van der Waals surface area contributed by atoms with Crippen LogP contribution in [0.25, 0.3) is 22.1 Å². The van der Waals surface area contributed by atoms with Crippen molar-refractivity contribution in [3.63, 3.8) is 0 Å². The first kappa shape index (κ1) is 21.9. The van der Waals surface area contributed by atoms with Gasteiger partial charge in [-0.25, -0.2) is 0 Å². The molecule has 11 nitrogen and oxygen atoms in total. The number of rotatable bonds is 4. The number of phenolic OH excluding ortho intramolecular Hbond substituents is 3. The molecule has 11 heteroatoms. The highest BCUT2D eigenvalue weighted by molar-refractivity contribution is 5.88. The normalized spacial score (nSPS) is 25.7. The Balaban J connectivity index is 1.69. The van der Waals surface area contributed by atoms with Crippen molar-refractivity contribution in [1.29, 1.82) is 0 Å². The van der Waals surface area contributed by atoms with E-state index in [0.717, 1.165) is 12.3 Å². The summed E-state index contributed by atoms with van der Waals surface area (Å²) in [4.78, 5) is 12.9. The quantitative estimate of drug-likeness (QED) is 0.261. The Bertz CT molecular complexity index is 1200. The first-order valence-corrected chi connectivity index (χ1v) is 9.49. The number of ether oxygens (including phenoxy) is 2. The van der Waals surface area contributed by atoms with Crippen molar-refractivity contribution in [2.75, 3.05) is 6.61 Å². The van der Waals surface area contributed by atoms with Gasteiger partial charge in [-0.2, -0.15) is 0 Å². The molecule has 0 amide bonds. The van der Waals surface area contributed by atoms with E-state index in [2.05, 4.69) is 0 Å². The SMILES string of the molecule is O=c1c(-c2ccc(O)c(O)c2)coc2cc(O[C@@H]3O[C@@H](CO)[C@@H](O)[C@H](O)[C@H]3O)cc(O)c12. The zero-order chi connectivity index (χ0) is 23.2. The van der Waals surface area contributed by atoms with Crippen molar-refractivity contribution in [3.8, 4) is 34.1 Å². The van der Waals surface area contributed by atoms with Gasteiger partial charge in [0.2, 0.25) is 11.7 Å². The van der Waals surface area contributed by atoms with E-state index >= 15 is 0 Å². The summed E-state index contributed by atoms with van der Waals surface area (Å²) in [6.07, 6.45) is -6.45. The van der Waals surface area contributed by atoms with Gasteiger partial charge in [0.25, 0.3) is 0 Å². The molecule has 7 N–H and O–H groups in total. The van der Waals surface area contributed by atoms with Gasteiger partial charge in [-0.05, 0) is 17.7 Å². The van der Waals surface area contributed by atoms with Gasteiger partial charge in [-0.15, -0.1) is 0 Å². The molecule has 5 atom stereocenters. The fraction of sp³-hybridized carbons (Fsp3) is 0.286. The van der Waals surface area contributed by atoms with Crippen LogP contribution in [0.3, 0.4) is 0 Å². The molecule has 0 radical (unpaired) electrons. The lowest BCUT2D eigenvalue weighted by molar-refractivity contribution is -0.277. The maximum absolute atomic E-state index is 12.9. The minimum absolute atomic E-state index is 0.0192. The number of aliphatic hydroxyl groups excluding tert-OH is 4. The van der Waals surface area contributed by atoms with Crippen LogP contribution >= 0.6 is 0 Å². The second kappa shape index (κ2) is 8.30. The smallest absolute Gasteiger partial charge is 0.229 e. The maximum atomic E-state index is 12.9. The summed E-state index contributed by atoms with van der Waals surface area (Å²) in [5.41, 5.74) is -0.419. The van der Waals surface area contributed by atoms with Crippen LogP contribution in [0, 0.1) is 0 Å². The first-order valence-electron chi connectivity index (χ1n) is 9.49. The third kappa shape index (κ3) is 3.72. The van der Waals surface area contributed by atoms with Crippen LogP contribution in [-0.4, -0.2) is 73.1 Å². The van der Waals surface area contributed by atoms with Crippen LogP contribution in [0.15, 0.2) is 45.8 Å². The molecular weight excluding hydrogens is 428 g/mol. The molecule has 1 aliphatic rings. The number of aliphatic hydroxyl groups is 4. The molecule has 0 aliphatic carbocycles. The zero-order valence-corrected chi connectivity index (χ0v) is 16.3. The number of aromatic hydroxyl groups is 3. The van der Waals surface area contributed by atoms with Crippen molar-refractivity contribution in [2.45, 2.75) is 30.7 Å². The number of hydrogen-bond donors (Lipinski definition) is 7. The van der Waals surface area contributed by atoms with E-state index in [9.17, 15) is 40.5 Å². The summed E-state index contributed by atoms with van der Waals surface area (Å²) in [5, 5.41) is 68.4. The summed E-state index contributed by atoms with van der Waals surface area (Å²) in [6.45, 7) is -0.641. The summed E-state index contributed by atoms with van der Waals surface area (Å²) in [7, 11) is 0. The topological polar surface area (TPSA) is 190 Å². The Hall–Kier alpha value is -3.35. The molecule has 4 rings (SSSR count). The second-order valence-corrected chi connectivity index (χ2v) is 7.31. The number of fused-ring (bicyclic) bond motifs is 1. The molecule has 1 saturated heterocycles. The van der Waals surface area contributed by atoms with E-state index in [1.807, 2.05) is 0 Å². The molecule has 1 aromatic heterocycles. The van der Waals surface area contributed by atoms with Gasteiger partial charge >= 0.3 is 0 Å². The van der Waals surface area contributed by atoms with Crippen LogP contribution < -0.4 is 10.2 Å². The molecule has 2 aromatic carbocycles. The molecule has 3 aromatic rings. The zero-order valence-electron chi connectivity index (χ0n) is 16.3. The van der Waals surface area contributed by atoms with Gasteiger partial charge in [-0.3, -0.25) is 4.79 Å². The minimum Gasteiger partial charge on any atom is -0.507 e. The van der Waals surface area contributed by atoms with Gasteiger partial charge in [0, 0.05) is 12.1 Å². The average Bonchev–Trinajstić information content (AvgIpc) is 2.76. The Labute approximate surface area is 179 Å². The van der Waals surface area contributed by atoms with Crippen molar-refractivity contribution in [1.82, 2.24) is 0 Å². The van der Waals surface area contributed by atoms with Crippen molar-refractivity contribution in [3.05, 3.63) is 46.8 Å². The molecular formula is C21H20O11. The highest BCUT2D eigenvalue weighted by atomic mass is 16.7. The molecule has 32 heavy (non-hydrogen) atoms. The molecule has 170 valence electrons. The minimum atomic E-state index is -1.66. The third-order valence-corrected chi connectivity index (χ3v) is 5.22. The largest absolute Gasteiger partial charge is 0.507 e. The first-order chi connectivity index (χ1) is 15.2. The van der Waals surface area contributed by atoms with Crippen molar-refractivity contribution in [2.24, 2.45) is 0 Å². The number of hydrogen-bond acceptors (Lipinski definition) is 11. The Kier molecular flexibility index (Phi) is 5.67. The highest BCUT2D eigenvalue weighted by Crippen LogP contribution is 2.34. The van der Waals surface area contributed by atoms with Gasteiger partial charge in [-0.1, -0.05) is 6.07 Å². The lowest BCUT2D eigenvalue weighted by Gasteiger charge is -2.39. The van der Waals surface area contributed by atoms with E-state index in [4.69, 9.17) is 13.9 Å². The molecule has 1 fully saturated rings. The Morgan fingerprint density at radius 3 is 2.34 bits per heavy atom. The van der Waals surface area contributed by atoms with Crippen molar-refractivity contribution < 1.29 is 49.6 Å². The summed E-state index contributed by atoms with van der Waals surface area (Å²) >= 11 is 0. The van der Waals surface area contributed by atoms with E-state index in [-0.39, 0.29) is 33.6 Å². The number of benzene rings is 2. The van der Waals surface area contributed by atoms with Gasteiger partial charge in [0.15, 0.2) is 11.5 Å². The summed E-state index contributed by atoms with van der Waals surface area (Å²) in [5.74, 6) is -1.40. The summed E-state index contributed by atoms with van der Waals surface area (Å²) in [6, 6.07) is 6.07. The van der Waals surface area contributed by atoms with E-state index in [1.54, 1.807) is 0 Å². The molecule has 0 spiro atoms. The molecule has 0 bridgehead atoms. The van der Waals surface area contributed by atoms with E-state index < -0.39 is 54.2 Å². The van der Waals surface area contributed by atoms with Crippen LogP contribution in [0.1, 0.15) is 0 Å². The average molecular weight is 448 g/mol. The fourth-order valence-corrected chi connectivity index (χ4v) is 3.46. The molecule has 1 aliphatic heterocycles. The molecule has 0 saturated carbocycles. The maximum Gasteiger partial charge on any atom is 0.229 e. The van der Waals surface area contributed by atoms with Gasteiger partial charge in [0.05, 0.1) is 12.2 Å². The fourth-order valence-electron chi connectivity index (χ4n) is 3.46. The Morgan fingerprint density at radius 1 is 0.906 bits per heavy atom. The van der Waals surface area contributed by atoms with Gasteiger partial charge < -0.3 is 49.6 Å². The van der Waals surface area contributed by atoms with Crippen LogP contribution in [0.2, 0.25) is 0 Å². The van der Waals surface area contributed by atoms with Crippen LogP contribution in [0.5, 0.6) is 23.0 Å². The predicted octanol–water partition coefficient (Wildman–Crippen LogP) is -0.245. The van der Waals surface area contributed by atoms with Gasteiger partial charge in [0.1, 0.15) is 53.1 Å². The van der Waals surface area contributed by atoms with E-state index in [1.165, 1.54) is 24.3 Å². The second-order valence-electron chi connectivity index (χ2n) is 7.31.